The molecule has 0 spiro atoms. The third kappa shape index (κ3) is 5.83. The number of ether oxygens (including phenoxy) is 3. The Bertz CT molecular complexity index is 707. The fourth-order valence-electron chi connectivity index (χ4n) is 2.39. The van der Waals surface area contributed by atoms with Gasteiger partial charge in [0.15, 0.2) is 5.11 Å². The Labute approximate surface area is 154 Å². The summed E-state index contributed by atoms with van der Waals surface area (Å²) >= 11 is 5.35. The summed E-state index contributed by atoms with van der Waals surface area (Å²) in [6, 6.07) is 13.7. The van der Waals surface area contributed by atoms with Gasteiger partial charge < -0.3 is 24.8 Å². The summed E-state index contributed by atoms with van der Waals surface area (Å²) in [4.78, 5) is 0. The highest BCUT2D eigenvalue weighted by molar-refractivity contribution is 7.80. The van der Waals surface area contributed by atoms with Gasteiger partial charge in [-0.1, -0.05) is 12.1 Å². The zero-order chi connectivity index (χ0) is 18.1. The maximum Gasteiger partial charge on any atom is 0.170 e. The summed E-state index contributed by atoms with van der Waals surface area (Å²) in [5.74, 6) is 2.30. The second-order valence-electron chi connectivity index (χ2n) is 5.40. The molecule has 25 heavy (non-hydrogen) atoms. The first-order valence-corrected chi connectivity index (χ1v) is 8.47. The van der Waals surface area contributed by atoms with Crippen molar-refractivity contribution in [3.05, 3.63) is 48.0 Å². The lowest BCUT2D eigenvalue weighted by molar-refractivity contribution is 0.395. The van der Waals surface area contributed by atoms with Crippen LogP contribution in [0.5, 0.6) is 17.2 Å². The van der Waals surface area contributed by atoms with Gasteiger partial charge in [-0.2, -0.15) is 0 Å². The SMILES string of the molecule is COc1cccc(CCCNC(=S)Nc2ccc(OC)cc2OC)c1. The quantitative estimate of drug-likeness (QED) is 0.554. The van der Waals surface area contributed by atoms with Crippen molar-refractivity contribution in [2.75, 3.05) is 33.2 Å². The molecule has 2 rings (SSSR count). The molecule has 0 saturated carbocycles. The molecule has 0 aliphatic rings. The van der Waals surface area contributed by atoms with Crippen LogP contribution in [0.3, 0.4) is 0 Å². The van der Waals surface area contributed by atoms with Crippen LogP contribution in [-0.2, 0) is 6.42 Å². The van der Waals surface area contributed by atoms with E-state index in [9.17, 15) is 0 Å². The summed E-state index contributed by atoms with van der Waals surface area (Å²) < 4.78 is 15.8. The molecule has 0 fully saturated rings. The van der Waals surface area contributed by atoms with E-state index in [1.807, 2.05) is 30.3 Å². The van der Waals surface area contributed by atoms with Crippen molar-refractivity contribution < 1.29 is 14.2 Å². The van der Waals surface area contributed by atoms with Crippen LogP contribution in [0.1, 0.15) is 12.0 Å². The third-order valence-corrected chi connectivity index (χ3v) is 3.97. The van der Waals surface area contributed by atoms with Crippen LogP contribution in [0, 0.1) is 0 Å². The topological polar surface area (TPSA) is 51.8 Å². The van der Waals surface area contributed by atoms with Crippen molar-refractivity contribution in [1.82, 2.24) is 5.32 Å². The third-order valence-electron chi connectivity index (χ3n) is 3.72. The summed E-state index contributed by atoms with van der Waals surface area (Å²) in [6.07, 6.45) is 1.92. The Hall–Kier alpha value is -2.47. The van der Waals surface area contributed by atoms with Gasteiger partial charge in [0.25, 0.3) is 0 Å². The Morgan fingerprint density at radius 3 is 2.44 bits per heavy atom. The monoisotopic (exact) mass is 360 g/mol. The van der Waals surface area contributed by atoms with E-state index in [1.165, 1.54) is 5.56 Å². The predicted molar refractivity (Wildman–Crippen MR) is 105 cm³/mol. The normalized spacial score (nSPS) is 10.0. The van der Waals surface area contributed by atoms with Crippen LogP contribution in [0.2, 0.25) is 0 Å². The standard InChI is InChI=1S/C19H24N2O3S/c1-22-15-8-4-6-14(12-15)7-5-11-20-19(25)21-17-10-9-16(23-2)13-18(17)24-3/h4,6,8-10,12-13H,5,7,11H2,1-3H3,(H2,20,21,25). The Morgan fingerprint density at radius 1 is 0.960 bits per heavy atom. The number of nitrogens with one attached hydrogen (secondary N) is 2. The molecule has 2 N–H and O–H groups in total. The molecular weight excluding hydrogens is 336 g/mol. The minimum atomic E-state index is 0.564. The van der Waals surface area contributed by atoms with Crippen LogP contribution in [0.25, 0.3) is 0 Å². The zero-order valence-corrected chi connectivity index (χ0v) is 15.6. The largest absolute Gasteiger partial charge is 0.497 e. The summed E-state index contributed by atoms with van der Waals surface area (Å²) in [5.41, 5.74) is 2.05. The average molecular weight is 360 g/mol. The fraction of sp³-hybridized carbons (Fsp3) is 0.316. The molecule has 0 aliphatic heterocycles. The lowest BCUT2D eigenvalue weighted by Crippen LogP contribution is -2.29. The van der Waals surface area contributed by atoms with E-state index < -0.39 is 0 Å². The van der Waals surface area contributed by atoms with E-state index in [-0.39, 0.29) is 0 Å². The number of benzene rings is 2. The highest BCUT2D eigenvalue weighted by Crippen LogP contribution is 2.28. The molecule has 6 heteroatoms. The molecule has 0 saturated heterocycles. The Morgan fingerprint density at radius 2 is 1.72 bits per heavy atom. The molecule has 134 valence electrons. The minimum absolute atomic E-state index is 0.564. The number of anilines is 1. The van der Waals surface area contributed by atoms with Gasteiger partial charge in [0, 0.05) is 12.6 Å². The first kappa shape index (κ1) is 18.9. The van der Waals surface area contributed by atoms with Gasteiger partial charge in [0.2, 0.25) is 0 Å². The number of rotatable bonds is 8. The molecule has 0 heterocycles. The molecule has 2 aromatic carbocycles. The highest BCUT2D eigenvalue weighted by Gasteiger charge is 2.06. The number of aryl methyl sites for hydroxylation is 1. The lowest BCUT2D eigenvalue weighted by atomic mass is 10.1. The van der Waals surface area contributed by atoms with Gasteiger partial charge >= 0.3 is 0 Å². The zero-order valence-electron chi connectivity index (χ0n) is 14.8. The van der Waals surface area contributed by atoms with Crippen molar-refractivity contribution in [2.24, 2.45) is 0 Å². The highest BCUT2D eigenvalue weighted by atomic mass is 32.1. The van der Waals surface area contributed by atoms with Gasteiger partial charge in [-0.15, -0.1) is 0 Å². The van der Waals surface area contributed by atoms with Crippen LogP contribution in [0.15, 0.2) is 42.5 Å². The smallest absolute Gasteiger partial charge is 0.170 e. The number of methoxy groups -OCH3 is 3. The molecule has 0 aliphatic carbocycles. The van der Waals surface area contributed by atoms with E-state index in [0.717, 1.165) is 36.6 Å². The van der Waals surface area contributed by atoms with Crippen molar-refractivity contribution in [3.63, 3.8) is 0 Å². The van der Waals surface area contributed by atoms with E-state index >= 15 is 0 Å². The van der Waals surface area contributed by atoms with Crippen molar-refractivity contribution in [2.45, 2.75) is 12.8 Å². The fourth-order valence-corrected chi connectivity index (χ4v) is 2.60. The van der Waals surface area contributed by atoms with Crippen LogP contribution in [0.4, 0.5) is 5.69 Å². The number of hydrogen-bond acceptors (Lipinski definition) is 4. The first-order valence-electron chi connectivity index (χ1n) is 8.06. The second-order valence-corrected chi connectivity index (χ2v) is 5.81. The van der Waals surface area contributed by atoms with E-state index in [4.69, 9.17) is 26.4 Å². The molecule has 0 radical (unpaired) electrons. The van der Waals surface area contributed by atoms with Crippen molar-refractivity contribution in [1.29, 1.82) is 0 Å². The minimum Gasteiger partial charge on any atom is -0.497 e. The van der Waals surface area contributed by atoms with Gasteiger partial charge in [0.05, 0.1) is 27.0 Å². The molecule has 0 amide bonds. The summed E-state index contributed by atoms with van der Waals surface area (Å²) in [7, 11) is 4.92. The molecule has 0 atom stereocenters. The predicted octanol–water partition coefficient (Wildman–Crippen LogP) is 3.63. The summed E-state index contributed by atoms with van der Waals surface area (Å²) in [6.45, 7) is 0.779. The maximum atomic E-state index is 5.35. The second kappa shape index (κ2) is 9.74. The summed E-state index contributed by atoms with van der Waals surface area (Å²) in [5, 5.41) is 6.93. The Kier molecular flexibility index (Phi) is 7.35. The maximum absolute atomic E-state index is 5.35. The van der Waals surface area contributed by atoms with E-state index in [1.54, 1.807) is 21.3 Å². The van der Waals surface area contributed by atoms with Gasteiger partial charge in [-0.25, -0.2) is 0 Å². The molecule has 0 bridgehead atoms. The van der Waals surface area contributed by atoms with E-state index in [0.29, 0.717) is 10.9 Å². The number of thiocarbonyl (C=S) groups is 1. The van der Waals surface area contributed by atoms with E-state index in [2.05, 4.69) is 22.8 Å². The van der Waals surface area contributed by atoms with Gasteiger partial charge in [0.1, 0.15) is 17.2 Å². The molecule has 0 aromatic heterocycles. The van der Waals surface area contributed by atoms with Crippen molar-refractivity contribution >= 4 is 23.0 Å². The number of hydrogen-bond donors (Lipinski definition) is 2. The molecular formula is C19H24N2O3S. The van der Waals surface area contributed by atoms with Crippen LogP contribution < -0.4 is 24.8 Å². The molecule has 5 nitrogen and oxygen atoms in total. The van der Waals surface area contributed by atoms with Crippen LogP contribution in [-0.4, -0.2) is 33.0 Å². The molecule has 2 aromatic rings. The van der Waals surface area contributed by atoms with Crippen molar-refractivity contribution in [3.8, 4) is 17.2 Å². The lowest BCUT2D eigenvalue weighted by Gasteiger charge is -2.14. The molecule has 0 unspecified atom stereocenters. The first-order chi connectivity index (χ1) is 12.2. The van der Waals surface area contributed by atoms with Gasteiger partial charge in [-0.05, 0) is 54.9 Å². The average Bonchev–Trinajstić information content (AvgIpc) is 2.65. The van der Waals surface area contributed by atoms with Crippen LogP contribution >= 0.6 is 12.2 Å². The van der Waals surface area contributed by atoms with Gasteiger partial charge in [-0.3, -0.25) is 0 Å². The Balaban J connectivity index is 1.79.